The summed E-state index contributed by atoms with van der Waals surface area (Å²) in [7, 11) is 0. The van der Waals surface area contributed by atoms with Crippen molar-refractivity contribution >= 4 is 5.91 Å². The molecule has 1 spiro atoms. The maximum atomic E-state index is 12.9. The summed E-state index contributed by atoms with van der Waals surface area (Å²) in [5.41, 5.74) is 3.13. The molecule has 2 aliphatic heterocycles. The van der Waals surface area contributed by atoms with Crippen molar-refractivity contribution in [1.82, 2.24) is 9.80 Å². The van der Waals surface area contributed by atoms with Gasteiger partial charge in [-0.2, -0.15) is 0 Å². The first-order valence-electron chi connectivity index (χ1n) is 11.4. The summed E-state index contributed by atoms with van der Waals surface area (Å²) < 4.78 is 11.2. The number of benzene rings is 1. The van der Waals surface area contributed by atoms with E-state index >= 15 is 0 Å². The van der Waals surface area contributed by atoms with Gasteiger partial charge in [0.15, 0.2) is 0 Å². The highest BCUT2D eigenvalue weighted by molar-refractivity contribution is 5.77. The third-order valence-corrected chi connectivity index (χ3v) is 7.38. The Kier molecular flexibility index (Phi) is 5.42. The van der Waals surface area contributed by atoms with Gasteiger partial charge in [-0.15, -0.1) is 0 Å². The molecular formula is C25H32N2O3. The first-order valence-corrected chi connectivity index (χ1v) is 11.4. The van der Waals surface area contributed by atoms with Crippen LogP contribution >= 0.6 is 0 Å². The minimum Gasteiger partial charge on any atom is -0.465 e. The molecule has 5 nitrogen and oxygen atoms in total. The molecule has 0 bridgehead atoms. The van der Waals surface area contributed by atoms with E-state index in [0.717, 1.165) is 63.5 Å². The van der Waals surface area contributed by atoms with Crippen molar-refractivity contribution in [3.8, 4) is 0 Å². The van der Waals surface area contributed by atoms with E-state index in [1.54, 1.807) is 0 Å². The van der Waals surface area contributed by atoms with Gasteiger partial charge in [0.2, 0.25) is 5.91 Å². The van der Waals surface area contributed by atoms with Crippen molar-refractivity contribution < 1.29 is 13.9 Å². The maximum absolute atomic E-state index is 12.9. The molecule has 3 heterocycles. The fourth-order valence-corrected chi connectivity index (χ4v) is 5.77. The molecule has 1 aromatic heterocycles. The second kappa shape index (κ2) is 8.20. The Morgan fingerprint density at radius 2 is 1.83 bits per heavy atom. The van der Waals surface area contributed by atoms with E-state index in [2.05, 4.69) is 35.2 Å². The molecular weight excluding hydrogens is 376 g/mol. The van der Waals surface area contributed by atoms with E-state index in [9.17, 15) is 4.79 Å². The third-order valence-electron chi connectivity index (χ3n) is 7.38. The number of ether oxygens (including phenoxy) is 1. The van der Waals surface area contributed by atoms with Crippen LogP contribution in [0.1, 0.15) is 54.2 Å². The lowest BCUT2D eigenvalue weighted by Gasteiger charge is -2.40. The number of nitrogens with zero attached hydrogens (tertiary/aromatic N) is 2. The molecule has 2 aromatic rings. The monoisotopic (exact) mass is 408 g/mol. The number of hydrogen-bond donors (Lipinski definition) is 0. The molecule has 1 atom stereocenters. The highest BCUT2D eigenvalue weighted by Gasteiger charge is 2.45. The predicted octanol–water partition coefficient (Wildman–Crippen LogP) is 3.86. The van der Waals surface area contributed by atoms with Gasteiger partial charge in [-0.1, -0.05) is 24.3 Å². The van der Waals surface area contributed by atoms with Crippen LogP contribution in [-0.4, -0.2) is 55.1 Å². The van der Waals surface area contributed by atoms with Crippen molar-refractivity contribution in [2.45, 2.75) is 50.5 Å². The Labute approximate surface area is 179 Å². The van der Waals surface area contributed by atoms with Crippen LogP contribution in [0.15, 0.2) is 40.8 Å². The Morgan fingerprint density at radius 3 is 2.57 bits per heavy atom. The minimum atomic E-state index is 0.224. The molecule has 0 radical (unpaired) electrons. The molecule has 1 aliphatic carbocycles. The maximum Gasteiger partial charge on any atom is 0.223 e. The van der Waals surface area contributed by atoms with Crippen LogP contribution in [0.2, 0.25) is 0 Å². The number of fused-ring (bicyclic) bond motifs is 2. The summed E-state index contributed by atoms with van der Waals surface area (Å²) in [6.07, 6.45) is 4.06. The van der Waals surface area contributed by atoms with Gasteiger partial charge < -0.3 is 14.1 Å². The number of furan rings is 1. The van der Waals surface area contributed by atoms with Crippen LogP contribution in [0.25, 0.3) is 0 Å². The molecule has 0 saturated carbocycles. The van der Waals surface area contributed by atoms with E-state index in [4.69, 9.17) is 9.15 Å². The van der Waals surface area contributed by atoms with Gasteiger partial charge in [0.05, 0.1) is 19.8 Å². The lowest BCUT2D eigenvalue weighted by atomic mass is 9.73. The van der Waals surface area contributed by atoms with Crippen LogP contribution < -0.4 is 0 Å². The molecule has 1 aromatic carbocycles. The fraction of sp³-hybridized carbons (Fsp3) is 0.560. The number of carbonyl (C=O) groups is 1. The number of hydrogen-bond acceptors (Lipinski definition) is 4. The average molecular weight is 409 g/mol. The summed E-state index contributed by atoms with van der Waals surface area (Å²) in [6.45, 7) is 7.87. The SMILES string of the molecule is Cc1ccc(CN2CCC3(CC2)C[C@@H](CC(=O)N2CCOCC2)c2ccccc23)o1. The molecule has 0 unspecified atom stereocenters. The molecule has 30 heavy (non-hydrogen) atoms. The van der Waals surface area contributed by atoms with Gasteiger partial charge in [0, 0.05) is 19.5 Å². The van der Waals surface area contributed by atoms with Gasteiger partial charge in [0.25, 0.3) is 0 Å². The molecule has 2 fully saturated rings. The fourth-order valence-electron chi connectivity index (χ4n) is 5.77. The van der Waals surface area contributed by atoms with Crippen LogP contribution in [-0.2, 0) is 21.5 Å². The molecule has 0 N–H and O–H groups in total. The van der Waals surface area contributed by atoms with Crippen LogP contribution in [0.5, 0.6) is 0 Å². The third kappa shape index (κ3) is 3.81. The Morgan fingerprint density at radius 1 is 1.07 bits per heavy atom. The van der Waals surface area contributed by atoms with E-state index in [0.29, 0.717) is 31.5 Å². The summed E-state index contributed by atoms with van der Waals surface area (Å²) >= 11 is 0. The van der Waals surface area contributed by atoms with Gasteiger partial charge >= 0.3 is 0 Å². The molecule has 1 amide bonds. The number of piperidine rings is 1. The zero-order valence-electron chi connectivity index (χ0n) is 17.9. The first-order chi connectivity index (χ1) is 14.6. The van der Waals surface area contributed by atoms with Crippen molar-refractivity contribution in [2.75, 3.05) is 39.4 Å². The summed E-state index contributed by atoms with van der Waals surface area (Å²) in [4.78, 5) is 17.4. The lowest BCUT2D eigenvalue weighted by molar-refractivity contribution is -0.135. The predicted molar refractivity (Wildman–Crippen MR) is 115 cm³/mol. The van der Waals surface area contributed by atoms with E-state index in [1.807, 2.05) is 17.9 Å². The highest BCUT2D eigenvalue weighted by atomic mass is 16.5. The van der Waals surface area contributed by atoms with E-state index in [-0.39, 0.29) is 5.41 Å². The molecule has 3 aliphatic rings. The van der Waals surface area contributed by atoms with Gasteiger partial charge in [-0.3, -0.25) is 9.69 Å². The number of aryl methyl sites for hydroxylation is 1. The normalized spacial score (nSPS) is 23.6. The van der Waals surface area contributed by atoms with Crippen LogP contribution in [0, 0.1) is 6.92 Å². The molecule has 160 valence electrons. The van der Waals surface area contributed by atoms with Crippen LogP contribution in [0.4, 0.5) is 0 Å². The van der Waals surface area contributed by atoms with Crippen molar-refractivity contribution in [1.29, 1.82) is 0 Å². The van der Waals surface area contributed by atoms with Gasteiger partial charge in [-0.05, 0) is 73.9 Å². The second-order valence-electron chi connectivity index (χ2n) is 9.25. The van der Waals surface area contributed by atoms with Crippen molar-refractivity contribution in [3.05, 3.63) is 59.0 Å². The highest BCUT2D eigenvalue weighted by Crippen LogP contribution is 2.52. The average Bonchev–Trinajstić information content (AvgIpc) is 3.32. The number of amides is 1. The number of likely N-dealkylation sites (tertiary alicyclic amines) is 1. The molecule has 5 rings (SSSR count). The smallest absolute Gasteiger partial charge is 0.223 e. The second-order valence-corrected chi connectivity index (χ2v) is 9.25. The quantitative estimate of drug-likeness (QED) is 0.771. The zero-order valence-corrected chi connectivity index (χ0v) is 17.9. The van der Waals surface area contributed by atoms with E-state index < -0.39 is 0 Å². The largest absolute Gasteiger partial charge is 0.465 e. The Balaban J connectivity index is 1.27. The van der Waals surface area contributed by atoms with Gasteiger partial charge in [-0.25, -0.2) is 0 Å². The van der Waals surface area contributed by atoms with E-state index in [1.165, 1.54) is 11.1 Å². The Bertz CT molecular complexity index is 891. The number of rotatable bonds is 4. The Hall–Kier alpha value is -2.11. The summed E-state index contributed by atoms with van der Waals surface area (Å²) in [5.74, 6) is 2.68. The first kappa shape index (κ1) is 19.8. The lowest BCUT2D eigenvalue weighted by Crippen LogP contribution is -2.42. The van der Waals surface area contributed by atoms with Crippen LogP contribution in [0.3, 0.4) is 0 Å². The minimum absolute atomic E-state index is 0.224. The van der Waals surface area contributed by atoms with Gasteiger partial charge in [0.1, 0.15) is 11.5 Å². The van der Waals surface area contributed by atoms with Crippen molar-refractivity contribution in [3.63, 3.8) is 0 Å². The topological polar surface area (TPSA) is 45.9 Å². The number of carbonyl (C=O) groups excluding carboxylic acids is 1. The summed E-state index contributed by atoms with van der Waals surface area (Å²) in [6, 6.07) is 13.0. The summed E-state index contributed by atoms with van der Waals surface area (Å²) in [5, 5.41) is 0. The standard InChI is InChI=1S/C25H32N2O3/c1-19-6-7-21(30-19)18-26-10-8-25(9-11-26)17-20(22-4-2-3-5-23(22)25)16-24(28)27-12-14-29-15-13-27/h2-7,20H,8-18H2,1H3/t20-/m1/s1. The number of morpholine rings is 1. The molecule has 2 saturated heterocycles. The van der Waals surface area contributed by atoms with Crippen molar-refractivity contribution in [2.24, 2.45) is 0 Å². The molecule has 5 heteroatoms. The zero-order chi connectivity index (χ0) is 20.6.